The maximum Gasteiger partial charge on any atom is 0.241 e. The average molecular weight is 370 g/mol. The number of nitrogens with one attached hydrogen (secondary N) is 1. The lowest BCUT2D eigenvalue weighted by atomic mass is 10.2. The number of anilines is 1. The highest BCUT2D eigenvalue weighted by atomic mass is 32.2. The summed E-state index contributed by atoms with van der Waals surface area (Å²) in [6.45, 7) is 2.06. The molecular formula is C17H18N6O2S. The van der Waals surface area contributed by atoms with Crippen molar-refractivity contribution in [3.05, 3.63) is 54.5 Å². The van der Waals surface area contributed by atoms with Crippen molar-refractivity contribution >= 4 is 15.8 Å². The predicted octanol–water partition coefficient (Wildman–Crippen LogP) is 1.27. The van der Waals surface area contributed by atoms with Crippen LogP contribution >= 0.6 is 0 Å². The molecule has 0 spiro atoms. The van der Waals surface area contributed by atoms with Crippen LogP contribution in [0.4, 0.5) is 5.82 Å². The Balaban J connectivity index is 1.57. The zero-order chi connectivity index (χ0) is 18.1. The molecule has 0 aliphatic carbocycles. The highest BCUT2D eigenvalue weighted by molar-refractivity contribution is 7.89. The van der Waals surface area contributed by atoms with Gasteiger partial charge in [-0.15, -0.1) is 10.2 Å². The molecule has 0 atom stereocenters. The van der Waals surface area contributed by atoms with Crippen LogP contribution in [0.1, 0.15) is 5.82 Å². The maximum absolute atomic E-state index is 11.8. The molecule has 3 aromatic rings. The van der Waals surface area contributed by atoms with E-state index in [2.05, 4.69) is 29.4 Å². The molecule has 0 amide bonds. The number of hydrogen-bond acceptors (Lipinski definition) is 6. The Morgan fingerprint density at radius 2 is 1.85 bits per heavy atom. The lowest BCUT2D eigenvalue weighted by Gasteiger charge is -2.28. The van der Waals surface area contributed by atoms with Gasteiger partial charge in [-0.3, -0.25) is 0 Å². The van der Waals surface area contributed by atoms with Crippen molar-refractivity contribution in [2.45, 2.75) is 18.0 Å². The van der Waals surface area contributed by atoms with Gasteiger partial charge in [0.25, 0.3) is 0 Å². The third-order valence-electron chi connectivity index (χ3n) is 4.41. The minimum absolute atomic E-state index is 0.148. The molecule has 0 saturated heterocycles. The molecule has 0 unspecified atom stereocenters. The molecule has 8 nitrogen and oxygen atoms in total. The van der Waals surface area contributed by atoms with Crippen LogP contribution in [0.5, 0.6) is 0 Å². The first kappa shape index (κ1) is 16.7. The maximum atomic E-state index is 11.8. The summed E-state index contributed by atoms with van der Waals surface area (Å²) < 4.78 is 28.0. The minimum atomic E-state index is -3.48. The van der Waals surface area contributed by atoms with Gasteiger partial charge in [0.1, 0.15) is 10.7 Å². The van der Waals surface area contributed by atoms with E-state index in [-0.39, 0.29) is 4.90 Å². The van der Waals surface area contributed by atoms with Crippen LogP contribution in [0.2, 0.25) is 0 Å². The van der Waals surface area contributed by atoms with Crippen LogP contribution in [0.15, 0.2) is 53.6 Å². The first-order valence-electron chi connectivity index (χ1n) is 8.20. The Labute approximate surface area is 151 Å². The van der Waals surface area contributed by atoms with Gasteiger partial charge < -0.3 is 9.47 Å². The highest BCUT2D eigenvalue weighted by Gasteiger charge is 2.23. The van der Waals surface area contributed by atoms with Crippen molar-refractivity contribution in [3.63, 3.8) is 0 Å². The van der Waals surface area contributed by atoms with Crippen LogP contribution < -0.4 is 9.62 Å². The van der Waals surface area contributed by atoms with E-state index in [1.807, 2.05) is 30.3 Å². The van der Waals surface area contributed by atoms with Crippen molar-refractivity contribution in [3.8, 4) is 11.4 Å². The van der Waals surface area contributed by atoms with Gasteiger partial charge in [-0.1, -0.05) is 30.3 Å². The molecular weight excluding hydrogens is 352 g/mol. The van der Waals surface area contributed by atoms with E-state index in [1.165, 1.54) is 13.2 Å². The molecule has 3 heterocycles. The highest BCUT2D eigenvalue weighted by Crippen LogP contribution is 2.24. The minimum Gasteiger partial charge on any atom is -0.347 e. The zero-order valence-corrected chi connectivity index (χ0v) is 15.0. The van der Waals surface area contributed by atoms with E-state index in [4.69, 9.17) is 0 Å². The Hall–Kier alpha value is -2.78. The lowest BCUT2D eigenvalue weighted by Crippen LogP contribution is -2.34. The molecule has 0 saturated carbocycles. The van der Waals surface area contributed by atoms with Crippen molar-refractivity contribution < 1.29 is 8.42 Å². The normalized spacial score (nSPS) is 14.3. The number of pyridine rings is 1. The fourth-order valence-electron chi connectivity index (χ4n) is 2.99. The summed E-state index contributed by atoms with van der Waals surface area (Å²) in [5, 5.41) is 8.65. The van der Waals surface area contributed by atoms with Gasteiger partial charge in [-0.05, 0) is 19.2 Å². The van der Waals surface area contributed by atoms with Gasteiger partial charge in [-0.2, -0.15) is 0 Å². The molecule has 9 heteroatoms. The summed E-state index contributed by atoms with van der Waals surface area (Å²) in [6, 6.07) is 13.3. The lowest BCUT2D eigenvalue weighted by molar-refractivity contribution is 0.559. The molecule has 0 bridgehead atoms. The number of hydrogen-bond donors (Lipinski definition) is 1. The van der Waals surface area contributed by atoms with Crippen molar-refractivity contribution in [1.29, 1.82) is 0 Å². The predicted molar refractivity (Wildman–Crippen MR) is 97.0 cm³/mol. The monoisotopic (exact) mass is 370 g/mol. The van der Waals surface area contributed by atoms with Gasteiger partial charge in [0.05, 0.1) is 6.54 Å². The molecule has 0 fully saturated rings. The Kier molecular flexibility index (Phi) is 4.17. The number of fused-ring (bicyclic) bond motifs is 1. The molecule has 1 aliphatic heterocycles. The third kappa shape index (κ3) is 2.95. The second-order valence-corrected chi connectivity index (χ2v) is 7.83. The molecule has 26 heavy (non-hydrogen) atoms. The third-order valence-corrected chi connectivity index (χ3v) is 5.81. The summed E-state index contributed by atoms with van der Waals surface area (Å²) in [5.74, 6) is 2.45. The van der Waals surface area contributed by atoms with E-state index in [0.29, 0.717) is 6.54 Å². The fraction of sp³-hybridized carbons (Fsp3) is 0.235. The molecule has 1 aromatic carbocycles. The SMILES string of the molecule is CNS(=O)(=O)c1ccc(N2CCn3c(nnc3-c3ccccc3)C2)nc1. The second-order valence-electron chi connectivity index (χ2n) is 5.94. The summed E-state index contributed by atoms with van der Waals surface area (Å²) in [6.07, 6.45) is 1.37. The number of benzene rings is 1. The van der Waals surface area contributed by atoms with E-state index in [9.17, 15) is 8.42 Å². The van der Waals surface area contributed by atoms with E-state index in [0.717, 1.165) is 36.1 Å². The van der Waals surface area contributed by atoms with Gasteiger partial charge >= 0.3 is 0 Å². The summed E-state index contributed by atoms with van der Waals surface area (Å²) in [7, 11) is -2.10. The van der Waals surface area contributed by atoms with Gasteiger partial charge in [0, 0.05) is 24.8 Å². The molecule has 4 rings (SSSR count). The molecule has 1 aliphatic rings. The van der Waals surface area contributed by atoms with Crippen LogP contribution in [0.3, 0.4) is 0 Å². The standard InChI is InChI=1S/C17H18N6O2S/c1-18-26(24,25)14-7-8-15(19-11-14)22-9-10-23-16(12-22)20-21-17(23)13-5-3-2-4-6-13/h2-8,11,18H,9-10,12H2,1H3. The molecule has 134 valence electrons. The van der Waals surface area contributed by atoms with E-state index < -0.39 is 10.0 Å². The Bertz CT molecular complexity index is 1020. The van der Waals surface area contributed by atoms with Gasteiger partial charge in [0.15, 0.2) is 11.6 Å². The van der Waals surface area contributed by atoms with Crippen molar-refractivity contribution in [1.82, 2.24) is 24.5 Å². The van der Waals surface area contributed by atoms with Gasteiger partial charge in [-0.25, -0.2) is 18.1 Å². The second kappa shape index (κ2) is 6.50. The number of sulfonamides is 1. The van der Waals surface area contributed by atoms with Gasteiger partial charge in [0.2, 0.25) is 10.0 Å². The number of aromatic nitrogens is 4. The van der Waals surface area contributed by atoms with E-state index in [1.54, 1.807) is 12.1 Å². The Morgan fingerprint density at radius 1 is 1.04 bits per heavy atom. The van der Waals surface area contributed by atoms with Crippen LogP contribution in [-0.4, -0.2) is 41.8 Å². The summed E-state index contributed by atoms with van der Waals surface area (Å²) in [5.41, 5.74) is 1.04. The first-order valence-corrected chi connectivity index (χ1v) is 9.69. The topological polar surface area (TPSA) is 93.0 Å². The van der Waals surface area contributed by atoms with Crippen molar-refractivity contribution in [2.75, 3.05) is 18.5 Å². The zero-order valence-electron chi connectivity index (χ0n) is 14.2. The molecule has 1 N–H and O–H groups in total. The summed E-state index contributed by atoms with van der Waals surface area (Å²) in [4.78, 5) is 6.52. The van der Waals surface area contributed by atoms with E-state index >= 15 is 0 Å². The largest absolute Gasteiger partial charge is 0.347 e. The first-order chi connectivity index (χ1) is 12.6. The number of nitrogens with zero attached hydrogens (tertiary/aromatic N) is 5. The smallest absolute Gasteiger partial charge is 0.241 e. The average Bonchev–Trinajstić information content (AvgIpc) is 3.12. The molecule has 0 radical (unpaired) electrons. The van der Waals surface area contributed by atoms with Crippen LogP contribution in [0, 0.1) is 0 Å². The quantitative estimate of drug-likeness (QED) is 0.743. The van der Waals surface area contributed by atoms with Crippen molar-refractivity contribution in [2.24, 2.45) is 0 Å². The Morgan fingerprint density at radius 3 is 2.54 bits per heavy atom. The fourth-order valence-corrected chi connectivity index (χ4v) is 3.66. The molecule has 2 aromatic heterocycles. The summed E-state index contributed by atoms with van der Waals surface area (Å²) >= 11 is 0. The number of rotatable bonds is 4. The van der Waals surface area contributed by atoms with Crippen LogP contribution in [-0.2, 0) is 23.1 Å². The van der Waals surface area contributed by atoms with Crippen LogP contribution in [0.25, 0.3) is 11.4 Å².